The van der Waals surface area contributed by atoms with Crippen LogP contribution in [-0.2, 0) is 5.60 Å². The summed E-state index contributed by atoms with van der Waals surface area (Å²) in [5.41, 5.74) is 0.327. The summed E-state index contributed by atoms with van der Waals surface area (Å²) in [7, 11) is 3.83. The van der Waals surface area contributed by atoms with Crippen LogP contribution in [0.2, 0.25) is 0 Å². The van der Waals surface area contributed by atoms with E-state index in [1.165, 1.54) is 4.90 Å². The molecule has 0 unspecified atom stereocenters. The summed E-state index contributed by atoms with van der Waals surface area (Å²) in [6.07, 6.45) is 1.65. The van der Waals surface area contributed by atoms with Gasteiger partial charge in [-0.3, -0.25) is 0 Å². The average Bonchev–Trinajstić information content (AvgIpc) is 2.33. The first-order valence-electron chi connectivity index (χ1n) is 5.82. The van der Waals surface area contributed by atoms with Gasteiger partial charge in [0.25, 0.3) is 0 Å². The normalized spacial score (nSPS) is 30.1. The van der Waals surface area contributed by atoms with E-state index < -0.39 is 5.60 Å². The van der Waals surface area contributed by atoms with Crippen LogP contribution in [0.1, 0.15) is 18.4 Å². The third kappa shape index (κ3) is 2.20. The fourth-order valence-corrected chi connectivity index (χ4v) is 2.29. The maximum absolute atomic E-state index is 10.6. The van der Waals surface area contributed by atoms with Crippen molar-refractivity contribution in [3.05, 3.63) is 29.8 Å². The predicted octanol–water partition coefficient (Wildman–Crippen LogP) is 0.191. The number of nitrogens with one attached hydrogen (secondary N) is 1. The molecule has 0 aliphatic carbocycles. The highest BCUT2D eigenvalue weighted by Gasteiger charge is 2.35. The average molecular weight is 222 g/mol. The maximum Gasteiger partial charge on any atom is 0.119 e. The van der Waals surface area contributed by atoms with E-state index in [-0.39, 0.29) is 0 Å². The summed E-state index contributed by atoms with van der Waals surface area (Å²) in [6.45, 7) is 2.04. The second-order valence-electron chi connectivity index (χ2n) is 4.72. The Bertz CT molecular complexity index is 357. The molecular formula is C13H20NO2+. The minimum atomic E-state index is -0.659. The molecule has 0 atom stereocenters. The fourth-order valence-electron chi connectivity index (χ4n) is 2.29. The monoisotopic (exact) mass is 222 g/mol. The van der Waals surface area contributed by atoms with Gasteiger partial charge in [0.15, 0.2) is 0 Å². The largest absolute Gasteiger partial charge is 0.497 e. The van der Waals surface area contributed by atoms with Crippen LogP contribution in [-0.4, -0.2) is 32.4 Å². The molecule has 1 aromatic rings. The Hall–Kier alpha value is -1.06. The highest BCUT2D eigenvalue weighted by molar-refractivity contribution is 5.32. The van der Waals surface area contributed by atoms with Gasteiger partial charge in [0.2, 0.25) is 0 Å². The van der Waals surface area contributed by atoms with Crippen molar-refractivity contribution in [3.8, 4) is 5.75 Å². The van der Waals surface area contributed by atoms with E-state index in [0.29, 0.717) is 0 Å². The number of aliphatic hydroxyl groups is 1. The minimum absolute atomic E-state index is 0.659. The molecule has 0 bridgehead atoms. The molecule has 1 aromatic carbocycles. The van der Waals surface area contributed by atoms with Gasteiger partial charge in [0.05, 0.1) is 27.2 Å². The molecule has 1 saturated heterocycles. The Balaban J connectivity index is 2.21. The zero-order valence-electron chi connectivity index (χ0n) is 9.99. The van der Waals surface area contributed by atoms with Gasteiger partial charge in [-0.2, -0.15) is 0 Å². The van der Waals surface area contributed by atoms with Crippen LogP contribution in [0.3, 0.4) is 0 Å². The molecule has 3 heteroatoms. The molecule has 1 fully saturated rings. The molecule has 2 N–H and O–H groups in total. The van der Waals surface area contributed by atoms with E-state index in [2.05, 4.69) is 7.05 Å². The summed E-state index contributed by atoms with van der Waals surface area (Å²) in [6, 6.07) is 7.79. The lowest BCUT2D eigenvalue weighted by Crippen LogP contribution is -3.10. The fraction of sp³-hybridized carbons (Fsp3) is 0.538. The van der Waals surface area contributed by atoms with Gasteiger partial charge in [-0.05, 0) is 17.7 Å². The summed E-state index contributed by atoms with van der Waals surface area (Å²) in [4.78, 5) is 1.49. The highest BCUT2D eigenvalue weighted by atomic mass is 16.5. The van der Waals surface area contributed by atoms with Crippen molar-refractivity contribution in [2.75, 3.05) is 27.2 Å². The number of likely N-dealkylation sites (tertiary alicyclic amines) is 1. The standard InChI is InChI=1S/C13H19NO2/c1-14-8-6-13(15,7-9-14)11-4-3-5-12(10-11)16-2/h3-5,10,15H,6-9H2,1-2H3/p+1. The van der Waals surface area contributed by atoms with Crippen molar-refractivity contribution in [2.24, 2.45) is 0 Å². The van der Waals surface area contributed by atoms with Crippen LogP contribution in [0.15, 0.2) is 24.3 Å². The Labute approximate surface area is 96.6 Å². The lowest BCUT2D eigenvalue weighted by atomic mass is 9.84. The highest BCUT2D eigenvalue weighted by Crippen LogP contribution is 2.31. The third-order valence-electron chi connectivity index (χ3n) is 3.54. The molecule has 2 rings (SSSR count). The third-order valence-corrected chi connectivity index (χ3v) is 3.54. The Morgan fingerprint density at radius 3 is 2.62 bits per heavy atom. The molecule has 88 valence electrons. The molecule has 0 radical (unpaired) electrons. The van der Waals surface area contributed by atoms with Crippen molar-refractivity contribution in [3.63, 3.8) is 0 Å². The Kier molecular flexibility index (Phi) is 3.17. The molecule has 3 nitrogen and oxygen atoms in total. The van der Waals surface area contributed by atoms with Crippen LogP contribution in [0.5, 0.6) is 5.75 Å². The van der Waals surface area contributed by atoms with E-state index in [0.717, 1.165) is 37.2 Å². The smallest absolute Gasteiger partial charge is 0.119 e. The quantitative estimate of drug-likeness (QED) is 0.749. The zero-order valence-corrected chi connectivity index (χ0v) is 9.99. The molecule has 1 aliphatic heterocycles. The van der Waals surface area contributed by atoms with Gasteiger partial charge in [0, 0.05) is 12.8 Å². The molecule has 1 aliphatic rings. The first kappa shape index (κ1) is 11.4. The summed E-state index contributed by atoms with van der Waals surface area (Å²) < 4.78 is 5.20. The van der Waals surface area contributed by atoms with Gasteiger partial charge >= 0.3 is 0 Å². The van der Waals surface area contributed by atoms with E-state index in [9.17, 15) is 5.11 Å². The van der Waals surface area contributed by atoms with E-state index >= 15 is 0 Å². The van der Waals surface area contributed by atoms with Crippen molar-refractivity contribution in [2.45, 2.75) is 18.4 Å². The molecule has 0 spiro atoms. The summed E-state index contributed by atoms with van der Waals surface area (Å²) in [5.74, 6) is 0.817. The number of methoxy groups -OCH3 is 1. The second-order valence-corrected chi connectivity index (χ2v) is 4.72. The topological polar surface area (TPSA) is 33.9 Å². The maximum atomic E-state index is 10.6. The molecule has 0 aromatic heterocycles. The SMILES string of the molecule is COc1cccc(C2(O)CC[NH+](C)CC2)c1. The van der Waals surface area contributed by atoms with Crippen LogP contribution in [0, 0.1) is 0 Å². The van der Waals surface area contributed by atoms with Crippen molar-refractivity contribution in [1.82, 2.24) is 0 Å². The molecule has 0 saturated carbocycles. The van der Waals surface area contributed by atoms with Gasteiger partial charge < -0.3 is 14.7 Å². The number of hydrogen-bond acceptors (Lipinski definition) is 2. The van der Waals surface area contributed by atoms with E-state index in [1.807, 2.05) is 24.3 Å². The van der Waals surface area contributed by atoms with Crippen LogP contribution in [0.4, 0.5) is 0 Å². The first-order chi connectivity index (χ1) is 7.64. The molecule has 1 heterocycles. The van der Waals surface area contributed by atoms with E-state index in [1.54, 1.807) is 7.11 Å². The number of benzene rings is 1. The number of piperidine rings is 1. The predicted molar refractivity (Wildman–Crippen MR) is 62.7 cm³/mol. The molecular weight excluding hydrogens is 202 g/mol. The van der Waals surface area contributed by atoms with Gasteiger partial charge in [-0.25, -0.2) is 0 Å². The van der Waals surface area contributed by atoms with Crippen LogP contribution >= 0.6 is 0 Å². The molecule has 16 heavy (non-hydrogen) atoms. The Morgan fingerprint density at radius 1 is 1.31 bits per heavy atom. The van der Waals surface area contributed by atoms with Crippen molar-refractivity contribution < 1.29 is 14.7 Å². The minimum Gasteiger partial charge on any atom is -0.497 e. The summed E-state index contributed by atoms with van der Waals surface area (Å²) in [5, 5.41) is 10.6. The van der Waals surface area contributed by atoms with Crippen LogP contribution in [0.25, 0.3) is 0 Å². The van der Waals surface area contributed by atoms with Crippen LogP contribution < -0.4 is 9.64 Å². The van der Waals surface area contributed by atoms with Crippen molar-refractivity contribution in [1.29, 1.82) is 0 Å². The zero-order chi connectivity index (χ0) is 11.6. The number of ether oxygens (including phenoxy) is 1. The number of hydrogen-bond donors (Lipinski definition) is 2. The van der Waals surface area contributed by atoms with E-state index in [4.69, 9.17) is 4.74 Å². The van der Waals surface area contributed by atoms with Crippen molar-refractivity contribution >= 4 is 0 Å². The lowest BCUT2D eigenvalue weighted by Gasteiger charge is -2.34. The van der Waals surface area contributed by atoms with Gasteiger partial charge in [-0.1, -0.05) is 12.1 Å². The Morgan fingerprint density at radius 2 is 2.00 bits per heavy atom. The lowest BCUT2D eigenvalue weighted by molar-refractivity contribution is -0.887. The molecule has 0 amide bonds. The summed E-state index contributed by atoms with van der Waals surface area (Å²) >= 11 is 0. The number of quaternary nitrogens is 1. The second kappa shape index (κ2) is 4.44. The first-order valence-corrected chi connectivity index (χ1v) is 5.82. The van der Waals surface area contributed by atoms with Gasteiger partial charge in [0.1, 0.15) is 11.4 Å². The number of rotatable bonds is 2. The van der Waals surface area contributed by atoms with Gasteiger partial charge in [-0.15, -0.1) is 0 Å².